The monoisotopic (exact) mass is 294 g/mol. The number of aryl methyl sites for hydroxylation is 1. The number of pyridine rings is 1. The summed E-state index contributed by atoms with van der Waals surface area (Å²) in [4.78, 5) is 4.40. The van der Waals surface area contributed by atoms with Gasteiger partial charge in [-0.25, -0.2) is 4.98 Å². The SMILES string of the molecule is CCCCCCc1c(C)nc(Br)c(C#N)c1C. The molecular formula is C14H19BrN2. The Morgan fingerprint density at radius 3 is 2.53 bits per heavy atom. The van der Waals surface area contributed by atoms with Crippen LogP contribution in [0.1, 0.15) is 55.0 Å². The molecule has 0 saturated carbocycles. The van der Waals surface area contributed by atoms with Crippen molar-refractivity contribution >= 4 is 15.9 Å². The number of halogens is 1. The van der Waals surface area contributed by atoms with Gasteiger partial charge < -0.3 is 0 Å². The fourth-order valence-electron chi connectivity index (χ4n) is 2.07. The number of rotatable bonds is 5. The zero-order valence-electron chi connectivity index (χ0n) is 10.8. The maximum absolute atomic E-state index is 9.10. The van der Waals surface area contributed by atoms with Crippen molar-refractivity contribution in [1.82, 2.24) is 4.98 Å². The van der Waals surface area contributed by atoms with Crippen molar-refractivity contribution in [2.24, 2.45) is 0 Å². The van der Waals surface area contributed by atoms with Gasteiger partial charge in [0.2, 0.25) is 0 Å². The number of nitrogens with zero attached hydrogens (tertiary/aromatic N) is 2. The second-order valence-electron chi connectivity index (χ2n) is 4.39. The van der Waals surface area contributed by atoms with Crippen molar-refractivity contribution in [3.8, 4) is 6.07 Å². The molecule has 0 saturated heterocycles. The summed E-state index contributed by atoms with van der Waals surface area (Å²) in [5.41, 5.74) is 4.06. The molecular weight excluding hydrogens is 276 g/mol. The lowest BCUT2D eigenvalue weighted by atomic mass is 9.98. The molecule has 0 amide bonds. The van der Waals surface area contributed by atoms with Crippen molar-refractivity contribution in [2.45, 2.75) is 52.9 Å². The highest BCUT2D eigenvalue weighted by Gasteiger charge is 2.12. The molecule has 0 aliphatic carbocycles. The van der Waals surface area contributed by atoms with Crippen molar-refractivity contribution in [2.75, 3.05) is 0 Å². The topological polar surface area (TPSA) is 36.7 Å². The average Bonchev–Trinajstić information content (AvgIpc) is 2.28. The first-order chi connectivity index (χ1) is 8.11. The fraction of sp³-hybridized carbons (Fsp3) is 0.571. The molecule has 1 aromatic heterocycles. The van der Waals surface area contributed by atoms with E-state index in [0.29, 0.717) is 10.2 Å². The third-order valence-corrected chi connectivity index (χ3v) is 3.70. The van der Waals surface area contributed by atoms with E-state index in [1.54, 1.807) is 0 Å². The van der Waals surface area contributed by atoms with Crippen LogP contribution < -0.4 is 0 Å². The van der Waals surface area contributed by atoms with E-state index in [2.05, 4.69) is 33.9 Å². The molecule has 1 aromatic rings. The van der Waals surface area contributed by atoms with E-state index in [9.17, 15) is 0 Å². The molecule has 1 heterocycles. The van der Waals surface area contributed by atoms with Gasteiger partial charge in [0.25, 0.3) is 0 Å². The minimum Gasteiger partial charge on any atom is -0.245 e. The maximum Gasteiger partial charge on any atom is 0.124 e. The van der Waals surface area contributed by atoms with Crippen molar-refractivity contribution in [1.29, 1.82) is 5.26 Å². The van der Waals surface area contributed by atoms with Crippen LogP contribution in [0, 0.1) is 25.2 Å². The average molecular weight is 295 g/mol. The Morgan fingerprint density at radius 1 is 1.24 bits per heavy atom. The van der Waals surface area contributed by atoms with E-state index in [0.717, 1.165) is 17.7 Å². The van der Waals surface area contributed by atoms with Crippen LogP contribution in [0.5, 0.6) is 0 Å². The first-order valence-electron chi connectivity index (χ1n) is 6.17. The smallest absolute Gasteiger partial charge is 0.124 e. The number of nitriles is 1. The lowest BCUT2D eigenvalue weighted by molar-refractivity contribution is 0.662. The third-order valence-electron chi connectivity index (χ3n) is 3.13. The molecule has 0 aliphatic heterocycles. The van der Waals surface area contributed by atoms with Crippen LogP contribution in [0.4, 0.5) is 0 Å². The van der Waals surface area contributed by atoms with Crippen LogP contribution in [-0.4, -0.2) is 4.98 Å². The number of aromatic nitrogens is 1. The molecule has 0 fully saturated rings. The largest absolute Gasteiger partial charge is 0.245 e. The predicted octanol–water partition coefficient (Wildman–Crippen LogP) is 4.46. The fourth-order valence-corrected chi connectivity index (χ4v) is 2.73. The lowest BCUT2D eigenvalue weighted by Crippen LogP contribution is -2.01. The van der Waals surface area contributed by atoms with Gasteiger partial charge in [0, 0.05) is 5.69 Å². The number of hydrogen-bond donors (Lipinski definition) is 0. The van der Waals surface area contributed by atoms with Crippen LogP contribution in [0.15, 0.2) is 4.60 Å². The summed E-state index contributed by atoms with van der Waals surface area (Å²) in [6.45, 7) is 6.26. The molecule has 3 heteroatoms. The maximum atomic E-state index is 9.10. The van der Waals surface area contributed by atoms with Gasteiger partial charge in [-0.1, -0.05) is 26.2 Å². The van der Waals surface area contributed by atoms with Crippen LogP contribution >= 0.6 is 15.9 Å². The van der Waals surface area contributed by atoms with Gasteiger partial charge in [0.15, 0.2) is 0 Å². The van der Waals surface area contributed by atoms with Gasteiger partial charge in [0.05, 0.1) is 5.56 Å². The molecule has 0 aliphatic rings. The van der Waals surface area contributed by atoms with Gasteiger partial charge in [0.1, 0.15) is 10.7 Å². The van der Waals surface area contributed by atoms with E-state index in [-0.39, 0.29) is 0 Å². The molecule has 2 nitrogen and oxygen atoms in total. The van der Waals surface area contributed by atoms with E-state index >= 15 is 0 Å². The van der Waals surface area contributed by atoms with E-state index in [1.165, 1.54) is 31.2 Å². The van der Waals surface area contributed by atoms with Gasteiger partial charge in [-0.15, -0.1) is 0 Å². The first-order valence-corrected chi connectivity index (χ1v) is 6.96. The van der Waals surface area contributed by atoms with E-state index in [1.807, 2.05) is 13.8 Å². The summed E-state index contributed by atoms with van der Waals surface area (Å²) in [7, 11) is 0. The molecule has 0 N–H and O–H groups in total. The van der Waals surface area contributed by atoms with Crippen LogP contribution in [-0.2, 0) is 6.42 Å². The van der Waals surface area contributed by atoms with Gasteiger partial charge in [-0.05, 0) is 53.7 Å². The molecule has 0 bridgehead atoms. The lowest BCUT2D eigenvalue weighted by Gasteiger charge is -2.11. The normalized spacial score (nSPS) is 10.3. The summed E-state index contributed by atoms with van der Waals surface area (Å²) in [5.74, 6) is 0. The minimum atomic E-state index is 0.673. The summed E-state index contributed by atoms with van der Waals surface area (Å²) in [5, 5.41) is 9.10. The summed E-state index contributed by atoms with van der Waals surface area (Å²) in [6, 6.07) is 2.22. The molecule has 92 valence electrons. The first kappa shape index (κ1) is 14.2. The summed E-state index contributed by atoms with van der Waals surface area (Å²) >= 11 is 3.35. The Balaban J connectivity index is 2.88. The molecule has 0 radical (unpaired) electrons. The Morgan fingerprint density at radius 2 is 1.94 bits per heavy atom. The van der Waals surface area contributed by atoms with Crippen LogP contribution in [0.2, 0.25) is 0 Å². The molecule has 0 aromatic carbocycles. The highest BCUT2D eigenvalue weighted by atomic mass is 79.9. The second-order valence-corrected chi connectivity index (χ2v) is 5.14. The second kappa shape index (κ2) is 6.76. The zero-order valence-corrected chi connectivity index (χ0v) is 12.4. The van der Waals surface area contributed by atoms with E-state index in [4.69, 9.17) is 5.26 Å². The molecule has 0 unspecified atom stereocenters. The molecule has 17 heavy (non-hydrogen) atoms. The molecule has 1 rings (SSSR count). The number of hydrogen-bond acceptors (Lipinski definition) is 2. The van der Waals surface area contributed by atoms with Gasteiger partial charge >= 0.3 is 0 Å². The summed E-state index contributed by atoms with van der Waals surface area (Å²) < 4.78 is 0.673. The Labute approximate surface area is 112 Å². The summed E-state index contributed by atoms with van der Waals surface area (Å²) in [6.07, 6.45) is 6.01. The number of unbranched alkanes of at least 4 members (excludes halogenated alkanes) is 3. The zero-order chi connectivity index (χ0) is 12.8. The van der Waals surface area contributed by atoms with Gasteiger partial charge in [-0.3, -0.25) is 0 Å². The van der Waals surface area contributed by atoms with Crippen LogP contribution in [0.25, 0.3) is 0 Å². The highest BCUT2D eigenvalue weighted by Crippen LogP contribution is 2.24. The molecule has 0 atom stereocenters. The Kier molecular flexibility index (Phi) is 5.64. The van der Waals surface area contributed by atoms with Crippen LogP contribution in [0.3, 0.4) is 0 Å². The standard InChI is InChI=1S/C14H19BrN2/c1-4-5-6-7-8-12-10(2)13(9-16)14(15)17-11(12)3/h4-8H2,1-3H3. The third kappa shape index (κ3) is 3.54. The minimum absolute atomic E-state index is 0.673. The van der Waals surface area contributed by atoms with Crippen molar-refractivity contribution in [3.63, 3.8) is 0 Å². The van der Waals surface area contributed by atoms with Gasteiger partial charge in [-0.2, -0.15) is 5.26 Å². The Hall–Kier alpha value is -0.880. The van der Waals surface area contributed by atoms with Crippen molar-refractivity contribution in [3.05, 3.63) is 27.0 Å². The van der Waals surface area contributed by atoms with E-state index < -0.39 is 0 Å². The van der Waals surface area contributed by atoms with Crippen molar-refractivity contribution < 1.29 is 0 Å². The quantitative estimate of drug-likeness (QED) is 0.594. The predicted molar refractivity (Wildman–Crippen MR) is 74.0 cm³/mol. The highest BCUT2D eigenvalue weighted by molar-refractivity contribution is 9.10. The Bertz CT molecular complexity index is 433. The molecule has 0 spiro atoms.